The van der Waals surface area contributed by atoms with E-state index in [1.807, 2.05) is 24.3 Å². The lowest BCUT2D eigenvalue weighted by Gasteiger charge is -1.74. The molecule has 2 nitrogen and oxygen atoms in total. The van der Waals surface area contributed by atoms with Gasteiger partial charge in [-0.3, -0.25) is 0 Å². The van der Waals surface area contributed by atoms with Gasteiger partial charge in [0.25, 0.3) is 5.52 Å². The molecular formula is C6H5NOP+. The van der Waals surface area contributed by atoms with Gasteiger partial charge < -0.3 is 4.20 Å². The molecule has 0 fully saturated rings. The molecule has 44 valence electrons. The minimum Gasteiger partial charge on any atom is -0.382 e. The van der Waals surface area contributed by atoms with Crippen LogP contribution in [0.15, 0.2) is 28.5 Å². The summed E-state index contributed by atoms with van der Waals surface area (Å²) in [5.41, 5.74) is 2.03. The fourth-order valence-electron chi connectivity index (χ4n) is 0.760. The summed E-state index contributed by atoms with van der Waals surface area (Å²) in [6, 6.07) is 7.88. The maximum atomic E-state index is 5.16. The number of rotatable bonds is 0. The third-order valence-electron chi connectivity index (χ3n) is 1.20. The van der Waals surface area contributed by atoms with Crippen molar-refractivity contribution >= 4 is 19.7 Å². The zero-order chi connectivity index (χ0) is 6.10. The summed E-state index contributed by atoms with van der Waals surface area (Å²) in [6.45, 7) is 0. The molecule has 1 heterocycles. The smallest absolute Gasteiger partial charge is 0.382 e. The van der Waals surface area contributed by atoms with E-state index in [0.29, 0.717) is 0 Å². The Morgan fingerprint density at radius 2 is 2.22 bits per heavy atom. The lowest BCUT2D eigenvalue weighted by molar-refractivity contribution is -0.253. The summed E-state index contributed by atoms with van der Waals surface area (Å²) < 4.78 is 8.21. The molecule has 3 heteroatoms. The number of hydrogen-bond donors (Lipinski definition) is 0. The highest BCUT2D eigenvalue weighted by atomic mass is 31.1. The number of benzene rings is 1. The summed E-state index contributed by atoms with van der Waals surface area (Å²) in [6.07, 6.45) is 0. The highest BCUT2D eigenvalue weighted by Gasteiger charge is 2.00. The zero-order valence-electron chi connectivity index (χ0n) is 4.66. The van der Waals surface area contributed by atoms with Gasteiger partial charge in [0.1, 0.15) is 0 Å². The van der Waals surface area contributed by atoms with Crippen LogP contribution in [0, 0.1) is 0 Å². The molecule has 0 spiro atoms. The first-order valence-electron chi connectivity index (χ1n) is 2.69. The van der Waals surface area contributed by atoms with Crippen LogP contribution in [0.2, 0.25) is 0 Å². The van der Waals surface area contributed by atoms with Gasteiger partial charge in [-0.05, 0) is 6.07 Å². The van der Waals surface area contributed by atoms with Crippen LogP contribution in [0.5, 0.6) is 0 Å². The minimum absolute atomic E-state index is 0.825. The molecule has 0 bridgehead atoms. The van der Waals surface area contributed by atoms with E-state index >= 15 is 0 Å². The van der Waals surface area contributed by atoms with Crippen molar-refractivity contribution in [3.63, 3.8) is 0 Å². The first kappa shape index (κ1) is 4.95. The van der Waals surface area contributed by atoms with Gasteiger partial charge in [-0.15, -0.1) is 0 Å². The summed E-state index contributed by atoms with van der Waals surface area (Å²) in [5, 5.41) is 0. The Morgan fingerprint density at radius 3 is 3.11 bits per heavy atom. The molecule has 1 aromatic heterocycles. The van der Waals surface area contributed by atoms with Crippen molar-refractivity contribution in [1.82, 2.24) is 0 Å². The number of aromatic amines is 1. The van der Waals surface area contributed by atoms with Crippen LogP contribution in [-0.4, -0.2) is 0 Å². The molecule has 0 unspecified atom stereocenters. The predicted octanol–water partition coefficient (Wildman–Crippen LogP) is 1.83. The third-order valence-corrected chi connectivity index (χ3v) is 1.82. The van der Waals surface area contributed by atoms with Gasteiger partial charge in [0.2, 0.25) is 5.58 Å². The molecule has 1 aromatic carbocycles. The van der Waals surface area contributed by atoms with E-state index < -0.39 is 0 Å². The van der Waals surface area contributed by atoms with Gasteiger partial charge in [-0.25, -0.2) is 0 Å². The fourth-order valence-corrected chi connectivity index (χ4v) is 1.35. The minimum atomic E-state index is 0.825. The summed E-state index contributed by atoms with van der Waals surface area (Å²) >= 11 is 0. The average Bonchev–Trinajstić information content (AvgIpc) is 2.33. The average molecular weight is 138 g/mol. The second kappa shape index (κ2) is 1.82. The lowest BCUT2D eigenvalue weighted by Crippen LogP contribution is -1.86. The summed E-state index contributed by atoms with van der Waals surface area (Å²) in [5.74, 6) is 0. The number of hydrogen-bond acceptors (Lipinski definition) is 1. The molecule has 0 atom stereocenters. The predicted molar refractivity (Wildman–Crippen MR) is 35.3 cm³/mol. The van der Waals surface area contributed by atoms with Crippen LogP contribution in [0.3, 0.4) is 0 Å². The van der Waals surface area contributed by atoms with Crippen molar-refractivity contribution < 1.29 is 8.94 Å². The van der Waals surface area contributed by atoms with E-state index in [4.69, 9.17) is 4.20 Å². The molecule has 0 saturated heterocycles. The fraction of sp³-hybridized carbons (Fsp3) is 0. The Balaban J connectivity index is 2.95. The quantitative estimate of drug-likeness (QED) is 0.545. The second-order valence-corrected chi connectivity index (χ2v) is 2.38. The van der Waals surface area contributed by atoms with Crippen LogP contribution in [0.4, 0.5) is 0 Å². The number of nitrogens with one attached hydrogen (secondary N) is 1. The van der Waals surface area contributed by atoms with Crippen LogP contribution in [-0.2, 0) is 0 Å². The normalized spacial score (nSPS) is 11.1. The molecule has 0 aliphatic carbocycles. The molecule has 0 saturated carbocycles. The first-order chi connectivity index (χ1) is 4.47. The molecule has 1 N–H and O–H groups in total. The van der Waals surface area contributed by atoms with Gasteiger partial charge in [0, 0.05) is 6.07 Å². The topological polar surface area (TPSA) is 27.3 Å². The van der Waals surface area contributed by atoms with Gasteiger partial charge in [-0.2, -0.15) is 4.75 Å². The number of H-pyrrole nitrogens is 1. The Kier molecular flexibility index (Phi) is 0.998. The third kappa shape index (κ3) is 0.718. The van der Waals surface area contributed by atoms with Crippen molar-refractivity contribution in [3.8, 4) is 0 Å². The van der Waals surface area contributed by atoms with Crippen LogP contribution in [0.1, 0.15) is 0 Å². The van der Waals surface area contributed by atoms with Crippen molar-refractivity contribution in [2.24, 2.45) is 0 Å². The monoisotopic (exact) mass is 138 g/mol. The van der Waals surface area contributed by atoms with Gasteiger partial charge in [-0.1, -0.05) is 12.1 Å². The Labute approximate surface area is 53.8 Å². The molecule has 9 heavy (non-hydrogen) atoms. The van der Waals surface area contributed by atoms with E-state index in [1.54, 1.807) is 0 Å². The maximum absolute atomic E-state index is 5.16. The number of para-hydroxylation sites is 2. The molecule has 0 amide bonds. The van der Waals surface area contributed by atoms with Crippen LogP contribution >= 0.6 is 8.59 Å². The highest BCUT2D eigenvalue weighted by molar-refractivity contribution is 7.14. The van der Waals surface area contributed by atoms with E-state index in [2.05, 4.69) is 4.75 Å². The van der Waals surface area contributed by atoms with E-state index in [0.717, 1.165) is 19.7 Å². The Morgan fingerprint density at radius 1 is 1.33 bits per heavy atom. The molecule has 2 aromatic rings. The van der Waals surface area contributed by atoms with Crippen LogP contribution in [0.25, 0.3) is 11.1 Å². The molecule has 0 aliphatic rings. The number of fused-ring (bicyclic) bond motifs is 1. The van der Waals surface area contributed by atoms with E-state index in [-0.39, 0.29) is 0 Å². The Hall–Kier alpha value is -0.880. The highest BCUT2D eigenvalue weighted by Crippen LogP contribution is 2.11. The standard InChI is InChI=1S/C6H4NOP/c1-2-4-6-5(3-1)7-9-8-6/h1-4H/p+1. The van der Waals surface area contributed by atoms with E-state index in [9.17, 15) is 0 Å². The number of aromatic nitrogens is 1. The van der Waals surface area contributed by atoms with Crippen molar-refractivity contribution in [1.29, 1.82) is 0 Å². The summed E-state index contributed by atoms with van der Waals surface area (Å²) in [7, 11) is 0.825. The second-order valence-electron chi connectivity index (χ2n) is 1.79. The lowest BCUT2D eigenvalue weighted by atomic mass is 10.3. The first-order valence-corrected chi connectivity index (χ1v) is 3.50. The zero-order valence-corrected chi connectivity index (χ0v) is 5.56. The molecule has 0 aliphatic heterocycles. The summed E-state index contributed by atoms with van der Waals surface area (Å²) in [4.78, 5) is 0. The van der Waals surface area contributed by atoms with Crippen molar-refractivity contribution in [3.05, 3.63) is 24.3 Å². The van der Waals surface area contributed by atoms with Crippen molar-refractivity contribution in [2.75, 3.05) is 0 Å². The van der Waals surface area contributed by atoms with Crippen molar-refractivity contribution in [2.45, 2.75) is 0 Å². The van der Waals surface area contributed by atoms with Gasteiger partial charge in [0.05, 0.1) is 0 Å². The van der Waals surface area contributed by atoms with Gasteiger partial charge >= 0.3 is 8.59 Å². The maximum Gasteiger partial charge on any atom is 0.470 e. The molecule has 0 radical (unpaired) electrons. The Bertz CT molecular complexity index is 287. The SMILES string of the molecule is c1ccc2op[nH+]c2c1. The molecule has 2 rings (SSSR count). The van der Waals surface area contributed by atoms with Gasteiger partial charge in [0.15, 0.2) is 0 Å². The largest absolute Gasteiger partial charge is 0.470 e. The van der Waals surface area contributed by atoms with Crippen LogP contribution < -0.4 is 4.75 Å². The molecular weight excluding hydrogens is 133 g/mol. The van der Waals surface area contributed by atoms with E-state index in [1.165, 1.54) is 0 Å².